The van der Waals surface area contributed by atoms with Gasteiger partial charge < -0.3 is 15.5 Å². The van der Waals surface area contributed by atoms with Crippen molar-refractivity contribution >= 4 is 23.2 Å². The quantitative estimate of drug-likeness (QED) is 0.589. The molecule has 0 radical (unpaired) electrons. The molecule has 0 aliphatic rings. The molecule has 0 atom stereocenters. The van der Waals surface area contributed by atoms with Crippen LogP contribution in [0.2, 0.25) is 0 Å². The Kier molecular flexibility index (Phi) is 7.08. The first-order valence-electron chi connectivity index (χ1n) is 8.36. The second-order valence-corrected chi connectivity index (χ2v) is 5.58. The van der Waals surface area contributed by atoms with Gasteiger partial charge in [-0.05, 0) is 37.6 Å². The number of nitrogens with zero attached hydrogens (tertiary/aromatic N) is 1. The van der Waals surface area contributed by atoms with Crippen LogP contribution in [0.3, 0.4) is 0 Å². The molecule has 138 valence electrons. The number of halogens is 2. The average molecular weight is 361 g/mol. The molecule has 0 saturated heterocycles. The zero-order chi connectivity index (χ0) is 18.9. The van der Waals surface area contributed by atoms with Crippen LogP contribution in [0, 0.1) is 11.6 Å². The van der Waals surface area contributed by atoms with Crippen molar-refractivity contribution in [2.75, 3.05) is 29.9 Å². The van der Waals surface area contributed by atoms with Gasteiger partial charge in [-0.15, -0.1) is 0 Å². The van der Waals surface area contributed by atoms with Crippen molar-refractivity contribution in [3.63, 3.8) is 0 Å². The minimum Gasteiger partial charge on any atom is -0.372 e. The van der Waals surface area contributed by atoms with Crippen molar-refractivity contribution in [1.82, 2.24) is 5.32 Å². The summed E-state index contributed by atoms with van der Waals surface area (Å²) >= 11 is 0. The number of anilines is 2. The molecule has 0 fully saturated rings. The molecule has 2 aromatic rings. The van der Waals surface area contributed by atoms with Crippen LogP contribution in [0.5, 0.6) is 0 Å². The summed E-state index contributed by atoms with van der Waals surface area (Å²) in [6.07, 6.45) is 0.635. The largest absolute Gasteiger partial charge is 0.372 e. The van der Waals surface area contributed by atoms with Crippen molar-refractivity contribution in [2.45, 2.75) is 13.3 Å². The molecule has 7 heteroatoms. The van der Waals surface area contributed by atoms with E-state index in [4.69, 9.17) is 0 Å². The van der Waals surface area contributed by atoms with Gasteiger partial charge in [0.2, 0.25) is 0 Å². The van der Waals surface area contributed by atoms with E-state index in [0.717, 1.165) is 18.3 Å². The molecule has 0 bridgehead atoms. The number of nitrogens with one attached hydrogen (secondary N) is 2. The van der Waals surface area contributed by atoms with Crippen LogP contribution >= 0.6 is 0 Å². The number of hydrogen-bond acceptors (Lipinski definition) is 3. The zero-order valence-corrected chi connectivity index (χ0v) is 14.5. The van der Waals surface area contributed by atoms with E-state index in [2.05, 4.69) is 15.5 Å². The Morgan fingerprint density at radius 1 is 1.00 bits per heavy atom. The van der Waals surface area contributed by atoms with Crippen LogP contribution in [0.25, 0.3) is 0 Å². The standard InChI is InChI=1S/C19H21F2N3O2/c1-2-24(14-8-4-3-5-9-14)13-7-12-22-18(25)19(26)23-16-11-6-10-15(20)17(16)21/h3-6,8-11H,2,7,12-13H2,1H3,(H,22,25)(H,23,26). The van der Waals surface area contributed by atoms with Crippen LogP contribution in [0.1, 0.15) is 13.3 Å². The van der Waals surface area contributed by atoms with Crippen LogP contribution in [0.15, 0.2) is 48.5 Å². The summed E-state index contributed by atoms with van der Waals surface area (Å²) in [4.78, 5) is 25.7. The van der Waals surface area contributed by atoms with Crippen LogP contribution in [0.4, 0.5) is 20.2 Å². The number of hydrogen-bond donors (Lipinski definition) is 2. The van der Waals surface area contributed by atoms with E-state index in [0.29, 0.717) is 19.5 Å². The second kappa shape index (κ2) is 9.50. The first-order chi connectivity index (χ1) is 12.5. The SMILES string of the molecule is CCN(CCCNC(=O)C(=O)Nc1cccc(F)c1F)c1ccccc1. The van der Waals surface area contributed by atoms with Crippen LogP contribution in [-0.4, -0.2) is 31.4 Å². The molecule has 0 aromatic heterocycles. The highest BCUT2D eigenvalue weighted by atomic mass is 19.2. The predicted molar refractivity (Wildman–Crippen MR) is 96.9 cm³/mol. The monoisotopic (exact) mass is 361 g/mol. The molecule has 0 aliphatic heterocycles. The van der Waals surface area contributed by atoms with Gasteiger partial charge in [0, 0.05) is 25.3 Å². The first kappa shape index (κ1) is 19.4. The summed E-state index contributed by atoms with van der Waals surface area (Å²) in [5, 5.41) is 4.53. The van der Waals surface area contributed by atoms with Crippen LogP contribution in [-0.2, 0) is 9.59 Å². The van der Waals surface area contributed by atoms with Gasteiger partial charge in [0.05, 0.1) is 5.69 Å². The van der Waals surface area contributed by atoms with E-state index >= 15 is 0 Å². The van der Waals surface area contributed by atoms with Gasteiger partial charge >= 0.3 is 11.8 Å². The van der Waals surface area contributed by atoms with Gasteiger partial charge in [-0.25, -0.2) is 8.78 Å². The minimum absolute atomic E-state index is 0.293. The molecule has 26 heavy (non-hydrogen) atoms. The number of rotatable bonds is 7. The molecule has 2 N–H and O–H groups in total. The van der Waals surface area contributed by atoms with Gasteiger partial charge in [-0.3, -0.25) is 9.59 Å². The fourth-order valence-electron chi connectivity index (χ4n) is 2.44. The number of para-hydroxylation sites is 1. The maximum absolute atomic E-state index is 13.5. The lowest BCUT2D eigenvalue weighted by Crippen LogP contribution is -2.37. The number of amides is 2. The number of carbonyl (C=O) groups is 2. The Labute approximate surface area is 151 Å². The molecule has 0 heterocycles. The highest BCUT2D eigenvalue weighted by Gasteiger charge is 2.16. The molecule has 2 rings (SSSR count). The fraction of sp³-hybridized carbons (Fsp3) is 0.263. The molecule has 0 aliphatic carbocycles. The van der Waals surface area contributed by atoms with Crippen molar-refractivity contribution < 1.29 is 18.4 Å². The molecule has 0 unspecified atom stereocenters. The summed E-state index contributed by atoms with van der Waals surface area (Å²) in [6, 6.07) is 13.2. The maximum Gasteiger partial charge on any atom is 0.313 e. The van der Waals surface area contributed by atoms with E-state index in [1.54, 1.807) is 0 Å². The summed E-state index contributed by atoms with van der Waals surface area (Å²) in [5.41, 5.74) is 0.715. The molecule has 0 spiro atoms. The van der Waals surface area contributed by atoms with Crippen molar-refractivity contribution in [2.24, 2.45) is 0 Å². The van der Waals surface area contributed by atoms with E-state index in [-0.39, 0.29) is 5.69 Å². The Hall–Kier alpha value is -2.96. The topological polar surface area (TPSA) is 61.4 Å². The smallest absolute Gasteiger partial charge is 0.313 e. The molecule has 0 saturated carbocycles. The van der Waals surface area contributed by atoms with Gasteiger partial charge in [-0.2, -0.15) is 0 Å². The van der Waals surface area contributed by atoms with Gasteiger partial charge in [0.25, 0.3) is 0 Å². The Morgan fingerprint density at radius 2 is 1.73 bits per heavy atom. The van der Waals surface area contributed by atoms with Crippen molar-refractivity contribution in [1.29, 1.82) is 0 Å². The summed E-state index contributed by atoms with van der Waals surface area (Å²) in [7, 11) is 0. The van der Waals surface area contributed by atoms with E-state index in [1.165, 1.54) is 12.1 Å². The maximum atomic E-state index is 13.5. The molecular weight excluding hydrogens is 340 g/mol. The lowest BCUT2D eigenvalue weighted by atomic mass is 10.2. The lowest BCUT2D eigenvalue weighted by Gasteiger charge is -2.23. The Bertz CT molecular complexity index is 754. The normalized spacial score (nSPS) is 10.3. The highest BCUT2D eigenvalue weighted by Crippen LogP contribution is 2.16. The summed E-state index contributed by atoms with van der Waals surface area (Å²) in [6.45, 7) is 3.85. The van der Waals surface area contributed by atoms with Crippen molar-refractivity contribution in [3.05, 3.63) is 60.2 Å². The van der Waals surface area contributed by atoms with Gasteiger partial charge in [0.1, 0.15) is 0 Å². The lowest BCUT2D eigenvalue weighted by molar-refractivity contribution is -0.136. The number of carbonyl (C=O) groups excluding carboxylic acids is 2. The van der Waals surface area contributed by atoms with Crippen molar-refractivity contribution in [3.8, 4) is 0 Å². The molecule has 5 nitrogen and oxygen atoms in total. The van der Waals surface area contributed by atoms with Gasteiger partial charge in [0.15, 0.2) is 11.6 Å². The third-order valence-corrected chi connectivity index (χ3v) is 3.80. The molecule has 2 aromatic carbocycles. The third-order valence-electron chi connectivity index (χ3n) is 3.80. The second-order valence-electron chi connectivity index (χ2n) is 5.58. The van der Waals surface area contributed by atoms with Crippen LogP contribution < -0.4 is 15.5 Å². The third kappa shape index (κ3) is 5.27. The van der Waals surface area contributed by atoms with E-state index in [1.807, 2.05) is 37.3 Å². The van der Waals surface area contributed by atoms with E-state index < -0.39 is 23.4 Å². The summed E-state index contributed by atoms with van der Waals surface area (Å²) < 4.78 is 26.6. The zero-order valence-electron chi connectivity index (χ0n) is 14.5. The number of benzene rings is 2. The fourth-order valence-corrected chi connectivity index (χ4v) is 2.44. The predicted octanol–water partition coefficient (Wildman–Crippen LogP) is 2.94. The molecular formula is C19H21F2N3O2. The minimum atomic E-state index is -1.20. The Balaban J connectivity index is 1.77. The highest BCUT2D eigenvalue weighted by molar-refractivity contribution is 6.39. The van der Waals surface area contributed by atoms with Gasteiger partial charge in [-0.1, -0.05) is 24.3 Å². The average Bonchev–Trinajstić information content (AvgIpc) is 2.66. The molecule has 2 amide bonds. The summed E-state index contributed by atoms with van der Waals surface area (Å²) in [5.74, 6) is -4.22. The van der Waals surface area contributed by atoms with E-state index in [9.17, 15) is 18.4 Å². The first-order valence-corrected chi connectivity index (χ1v) is 8.36. The Morgan fingerprint density at radius 3 is 2.42 bits per heavy atom.